The van der Waals surface area contributed by atoms with Crippen LogP contribution < -0.4 is 5.32 Å². The second kappa shape index (κ2) is 4.11. The number of aryl methyl sites for hydroxylation is 2. The van der Waals surface area contributed by atoms with E-state index in [1.807, 2.05) is 0 Å². The SMILES string of the molecule is CCn1cc(C)nc1NC1CCCC1(C)C. The van der Waals surface area contributed by atoms with Gasteiger partial charge in [-0.05, 0) is 32.1 Å². The molecule has 1 aliphatic rings. The van der Waals surface area contributed by atoms with Crippen molar-refractivity contribution in [2.45, 2.75) is 59.5 Å². The molecule has 1 aliphatic carbocycles. The lowest BCUT2D eigenvalue weighted by Gasteiger charge is -2.28. The first-order valence-electron chi connectivity index (χ1n) is 6.33. The van der Waals surface area contributed by atoms with Crippen molar-refractivity contribution in [2.75, 3.05) is 5.32 Å². The summed E-state index contributed by atoms with van der Waals surface area (Å²) in [5.41, 5.74) is 1.50. The van der Waals surface area contributed by atoms with Crippen LogP contribution in [-0.2, 0) is 6.54 Å². The molecule has 3 nitrogen and oxygen atoms in total. The van der Waals surface area contributed by atoms with Crippen molar-refractivity contribution in [1.29, 1.82) is 0 Å². The molecule has 0 spiro atoms. The maximum Gasteiger partial charge on any atom is 0.203 e. The third-order valence-electron chi connectivity index (χ3n) is 3.80. The number of rotatable bonds is 3. The molecule has 16 heavy (non-hydrogen) atoms. The molecule has 1 N–H and O–H groups in total. The first kappa shape index (κ1) is 11.5. The quantitative estimate of drug-likeness (QED) is 0.849. The van der Waals surface area contributed by atoms with Crippen LogP contribution in [0.5, 0.6) is 0 Å². The largest absolute Gasteiger partial charge is 0.352 e. The Balaban J connectivity index is 2.14. The van der Waals surface area contributed by atoms with Crippen LogP contribution in [0.15, 0.2) is 6.20 Å². The smallest absolute Gasteiger partial charge is 0.203 e. The fourth-order valence-electron chi connectivity index (χ4n) is 2.65. The van der Waals surface area contributed by atoms with E-state index in [1.165, 1.54) is 19.3 Å². The maximum atomic E-state index is 4.56. The van der Waals surface area contributed by atoms with Crippen LogP contribution in [0.2, 0.25) is 0 Å². The highest BCUT2D eigenvalue weighted by Crippen LogP contribution is 2.38. The van der Waals surface area contributed by atoms with Gasteiger partial charge in [-0.25, -0.2) is 4.98 Å². The Morgan fingerprint density at radius 1 is 1.56 bits per heavy atom. The Labute approximate surface area is 98.3 Å². The van der Waals surface area contributed by atoms with Gasteiger partial charge in [0.05, 0.1) is 5.69 Å². The van der Waals surface area contributed by atoms with E-state index in [0.717, 1.165) is 18.2 Å². The van der Waals surface area contributed by atoms with E-state index in [2.05, 4.69) is 48.8 Å². The molecule has 3 heteroatoms. The zero-order valence-corrected chi connectivity index (χ0v) is 10.9. The highest BCUT2D eigenvalue weighted by molar-refractivity contribution is 5.31. The Kier molecular flexibility index (Phi) is 2.96. The van der Waals surface area contributed by atoms with Gasteiger partial charge in [-0.2, -0.15) is 0 Å². The second-order valence-electron chi connectivity index (χ2n) is 5.57. The van der Waals surface area contributed by atoms with Gasteiger partial charge in [0.25, 0.3) is 0 Å². The van der Waals surface area contributed by atoms with Crippen molar-refractivity contribution in [3.05, 3.63) is 11.9 Å². The minimum atomic E-state index is 0.401. The molecule has 1 heterocycles. The number of hydrogen-bond donors (Lipinski definition) is 1. The van der Waals surface area contributed by atoms with E-state index < -0.39 is 0 Å². The van der Waals surface area contributed by atoms with E-state index >= 15 is 0 Å². The highest BCUT2D eigenvalue weighted by atomic mass is 15.2. The van der Waals surface area contributed by atoms with Crippen LogP contribution in [0.25, 0.3) is 0 Å². The topological polar surface area (TPSA) is 29.9 Å². The van der Waals surface area contributed by atoms with E-state index in [-0.39, 0.29) is 0 Å². The molecule has 90 valence electrons. The number of nitrogens with one attached hydrogen (secondary N) is 1. The zero-order chi connectivity index (χ0) is 11.8. The van der Waals surface area contributed by atoms with E-state index in [0.29, 0.717) is 11.5 Å². The second-order valence-corrected chi connectivity index (χ2v) is 5.57. The molecule has 1 aromatic heterocycles. The zero-order valence-electron chi connectivity index (χ0n) is 10.9. The number of nitrogens with zero attached hydrogens (tertiary/aromatic N) is 2. The third kappa shape index (κ3) is 2.08. The molecule has 0 aliphatic heterocycles. The fourth-order valence-corrected chi connectivity index (χ4v) is 2.65. The molecule has 1 aromatic rings. The molecular weight excluding hydrogens is 198 g/mol. The van der Waals surface area contributed by atoms with Crippen LogP contribution in [0.3, 0.4) is 0 Å². The molecule has 0 saturated heterocycles. The standard InChI is InChI=1S/C13H23N3/c1-5-16-9-10(2)14-12(16)15-11-7-6-8-13(11,3)4/h9,11H,5-8H2,1-4H3,(H,14,15). The molecule has 0 bridgehead atoms. The van der Waals surface area contributed by atoms with E-state index in [9.17, 15) is 0 Å². The minimum Gasteiger partial charge on any atom is -0.352 e. The summed E-state index contributed by atoms with van der Waals surface area (Å²) in [5.74, 6) is 1.04. The minimum absolute atomic E-state index is 0.401. The lowest BCUT2D eigenvalue weighted by Crippen LogP contribution is -2.32. The Morgan fingerprint density at radius 2 is 2.31 bits per heavy atom. The van der Waals surface area contributed by atoms with Gasteiger partial charge < -0.3 is 9.88 Å². The Morgan fingerprint density at radius 3 is 2.88 bits per heavy atom. The molecule has 1 atom stereocenters. The van der Waals surface area contributed by atoms with Crippen molar-refractivity contribution in [1.82, 2.24) is 9.55 Å². The van der Waals surface area contributed by atoms with Crippen molar-refractivity contribution in [3.8, 4) is 0 Å². The van der Waals surface area contributed by atoms with Crippen molar-refractivity contribution in [2.24, 2.45) is 5.41 Å². The molecular formula is C13H23N3. The number of hydrogen-bond acceptors (Lipinski definition) is 2. The monoisotopic (exact) mass is 221 g/mol. The normalized spacial score (nSPS) is 23.6. The third-order valence-corrected chi connectivity index (χ3v) is 3.80. The van der Waals surface area contributed by atoms with Crippen molar-refractivity contribution >= 4 is 5.95 Å². The number of anilines is 1. The van der Waals surface area contributed by atoms with Crippen LogP contribution in [0, 0.1) is 12.3 Å². The predicted octanol–water partition coefficient (Wildman–Crippen LogP) is 3.20. The van der Waals surface area contributed by atoms with Gasteiger partial charge in [0.15, 0.2) is 0 Å². The number of imidazole rings is 1. The van der Waals surface area contributed by atoms with Gasteiger partial charge in [0, 0.05) is 18.8 Å². The summed E-state index contributed by atoms with van der Waals surface area (Å²) in [6.45, 7) is 9.90. The summed E-state index contributed by atoms with van der Waals surface area (Å²) >= 11 is 0. The molecule has 0 aromatic carbocycles. The summed E-state index contributed by atoms with van der Waals surface area (Å²) in [6.07, 6.45) is 6.03. The molecule has 1 fully saturated rings. The molecule has 0 radical (unpaired) electrons. The van der Waals surface area contributed by atoms with Crippen LogP contribution in [-0.4, -0.2) is 15.6 Å². The first-order chi connectivity index (χ1) is 7.53. The Bertz CT molecular complexity index is 365. The molecule has 0 amide bonds. The van der Waals surface area contributed by atoms with E-state index in [4.69, 9.17) is 0 Å². The van der Waals surface area contributed by atoms with Gasteiger partial charge in [-0.3, -0.25) is 0 Å². The summed E-state index contributed by atoms with van der Waals surface area (Å²) in [7, 11) is 0. The highest BCUT2D eigenvalue weighted by Gasteiger charge is 2.34. The summed E-state index contributed by atoms with van der Waals surface area (Å²) in [6, 6.07) is 0.569. The summed E-state index contributed by atoms with van der Waals surface area (Å²) in [5, 5.41) is 3.62. The van der Waals surface area contributed by atoms with Crippen LogP contribution >= 0.6 is 0 Å². The van der Waals surface area contributed by atoms with Crippen molar-refractivity contribution in [3.63, 3.8) is 0 Å². The van der Waals surface area contributed by atoms with Gasteiger partial charge in [0.1, 0.15) is 0 Å². The lowest BCUT2D eigenvalue weighted by molar-refractivity contribution is 0.348. The lowest BCUT2D eigenvalue weighted by atomic mass is 9.87. The number of aromatic nitrogens is 2. The fraction of sp³-hybridized carbons (Fsp3) is 0.769. The van der Waals surface area contributed by atoms with Gasteiger partial charge in [0.2, 0.25) is 5.95 Å². The molecule has 2 rings (SSSR count). The van der Waals surface area contributed by atoms with Gasteiger partial charge in [-0.15, -0.1) is 0 Å². The van der Waals surface area contributed by atoms with Crippen LogP contribution in [0.4, 0.5) is 5.95 Å². The Hall–Kier alpha value is -0.990. The maximum absolute atomic E-state index is 4.56. The first-order valence-corrected chi connectivity index (χ1v) is 6.33. The average molecular weight is 221 g/mol. The van der Waals surface area contributed by atoms with Gasteiger partial charge >= 0.3 is 0 Å². The summed E-state index contributed by atoms with van der Waals surface area (Å²) < 4.78 is 2.20. The molecule has 1 saturated carbocycles. The predicted molar refractivity (Wildman–Crippen MR) is 67.7 cm³/mol. The van der Waals surface area contributed by atoms with E-state index in [1.54, 1.807) is 0 Å². The average Bonchev–Trinajstić information content (AvgIpc) is 2.71. The summed E-state index contributed by atoms with van der Waals surface area (Å²) in [4.78, 5) is 4.56. The van der Waals surface area contributed by atoms with Gasteiger partial charge in [-0.1, -0.05) is 20.3 Å². The van der Waals surface area contributed by atoms with Crippen molar-refractivity contribution < 1.29 is 0 Å². The van der Waals surface area contributed by atoms with Crippen LogP contribution in [0.1, 0.15) is 45.7 Å². The molecule has 1 unspecified atom stereocenters.